The molecular weight excluding hydrogens is 258 g/mol. The molecule has 0 amide bonds. The van der Waals surface area contributed by atoms with E-state index in [0.717, 1.165) is 19.4 Å². The second kappa shape index (κ2) is 7.07. The zero-order valence-electron chi connectivity index (χ0n) is 13.3. The topological polar surface area (TPSA) is 55.8 Å². The maximum atomic E-state index is 12.2. The molecule has 116 valence electrons. The second-order valence-corrected chi connectivity index (χ2v) is 6.34. The molecule has 0 aromatic heterocycles. The molecule has 0 aromatic rings. The lowest BCUT2D eigenvalue weighted by Crippen LogP contribution is -2.43. The van der Waals surface area contributed by atoms with Crippen molar-refractivity contribution >= 4 is 11.9 Å². The van der Waals surface area contributed by atoms with Crippen LogP contribution < -0.4 is 0 Å². The van der Waals surface area contributed by atoms with E-state index in [4.69, 9.17) is 9.47 Å². The van der Waals surface area contributed by atoms with Gasteiger partial charge >= 0.3 is 11.9 Å². The minimum Gasteiger partial charge on any atom is -0.466 e. The van der Waals surface area contributed by atoms with Gasteiger partial charge in [-0.2, -0.15) is 0 Å². The van der Waals surface area contributed by atoms with Gasteiger partial charge in [0.2, 0.25) is 0 Å². The monoisotopic (exact) mass is 285 g/mol. The average Bonchev–Trinajstić information content (AvgIpc) is 2.75. The predicted octanol–water partition coefficient (Wildman–Crippen LogP) is 1.99. The van der Waals surface area contributed by atoms with E-state index < -0.39 is 5.60 Å². The lowest BCUT2D eigenvalue weighted by Gasteiger charge is -2.28. The Labute approximate surface area is 121 Å². The van der Waals surface area contributed by atoms with Gasteiger partial charge in [0.25, 0.3) is 0 Å². The number of hydrogen-bond acceptors (Lipinski definition) is 5. The van der Waals surface area contributed by atoms with E-state index >= 15 is 0 Å². The molecule has 5 heteroatoms. The highest BCUT2D eigenvalue weighted by Gasteiger charge is 2.35. The molecule has 0 spiro atoms. The smallest absolute Gasteiger partial charge is 0.323 e. The van der Waals surface area contributed by atoms with Crippen LogP contribution in [0.2, 0.25) is 0 Å². The van der Waals surface area contributed by atoms with Crippen molar-refractivity contribution in [3.8, 4) is 0 Å². The first kappa shape index (κ1) is 17.0. The summed E-state index contributed by atoms with van der Waals surface area (Å²) in [4.78, 5) is 25.9. The lowest BCUT2D eigenvalue weighted by molar-refractivity contribution is -0.161. The maximum Gasteiger partial charge on any atom is 0.323 e. The van der Waals surface area contributed by atoms with Crippen LogP contribution >= 0.6 is 0 Å². The van der Waals surface area contributed by atoms with Crippen LogP contribution in [0.3, 0.4) is 0 Å². The average molecular weight is 285 g/mol. The van der Waals surface area contributed by atoms with Gasteiger partial charge in [0.15, 0.2) is 0 Å². The number of hydrogen-bond donors (Lipinski definition) is 0. The van der Waals surface area contributed by atoms with E-state index in [1.807, 2.05) is 32.6 Å². The molecule has 1 aliphatic rings. The molecule has 0 radical (unpaired) electrons. The standard InChI is InChI=1S/C15H27NO4/c1-6-19-13(17)11(2)10-16-9-7-8-12(16)14(18)20-15(3,4)5/h11-12H,6-10H2,1-5H3/t11?,12-/m0/s1. The summed E-state index contributed by atoms with van der Waals surface area (Å²) in [5.74, 6) is -0.619. The Morgan fingerprint density at radius 1 is 1.35 bits per heavy atom. The van der Waals surface area contributed by atoms with Crippen LogP contribution in [0.4, 0.5) is 0 Å². The third kappa shape index (κ3) is 5.12. The van der Waals surface area contributed by atoms with Gasteiger partial charge in [-0.05, 0) is 47.1 Å². The molecule has 1 heterocycles. The van der Waals surface area contributed by atoms with Gasteiger partial charge in [0.1, 0.15) is 11.6 Å². The molecule has 1 unspecified atom stereocenters. The van der Waals surface area contributed by atoms with Gasteiger partial charge in [-0.1, -0.05) is 6.92 Å². The zero-order chi connectivity index (χ0) is 15.3. The Kier molecular flexibility index (Phi) is 5.99. The van der Waals surface area contributed by atoms with Gasteiger partial charge in [0, 0.05) is 6.54 Å². The summed E-state index contributed by atoms with van der Waals surface area (Å²) in [6.45, 7) is 11.0. The second-order valence-electron chi connectivity index (χ2n) is 6.34. The van der Waals surface area contributed by atoms with E-state index in [1.54, 1.807) is 6.92 Å². The normalized spacial score (nSPS) is 21.6. The van der Waals surface area contributed by atoms with Gasteiger partial charge in [-0.25, -0.2) is 0 Å². The molecule has 0 aromatic carbocycles. The van der Waals surface area contributed by atoms with Crippen molar-refractivity contribution in [1.82, 2.24) is 4.90 Å². The quantitative estimate of drug-likeness (QED) is 0.723. The minimum absolute atomic E-state index is 0.189. The summed E-state index contributed by atoms with van der Waals surface area (Å²) >= 11 is 0. The number of ether oxygens (including phenoxy) is 2. The Bertz CT molecular complexity index is 348. The van der Waals surface area contributed by atoms with Crippen molar-refractivity contribution in [2.45, 2.75) is 59.1 Å². The fraction of sp³-hybridized carbons (Fsp3) is 0.867. The Morgan fingerprint density at radius 3 is 2.55 bits per heavy atom. The number of likely N-dealkylation sites (tertiary alicyclic amines) is 1. The van der Waals surface area contributed by atoms with Crippen molar-refractivity contribution in [2.24, 2.45) is 5.92 Å². The molecular formula is C15H27NO4. The van der Waals surface area contributed by atoms with E-state index in [9.17, 15) is 9.59 Å². The molecule has 2 atom stereocenters. The van der Waals surface area contributed by atoms with Crippen molar-refractivity contribution in [3.63, 3.8) is 0 Å². The largest absolute Gasteiger partial charge is 0.466 e. The summed E-state index contributed by atoms with van der Waals surface area (Å²) in [6, 6.07) is -0.230. The first-order chi connectivity index (χ1) is 9.24. The Hall–Kier alpha value is -1.10. The molecule has 1 saturated heterocycles. The molecule has 20 heavy (non-hydrogen) atoms. The van der Waals surface area contributed by atoms with Crippen LogP contribution in [0, 0.1) is 5.92 Å². The van der Waals surface area contributed by atoms with Crippen molar-refractivity contribution in [2.75, 3.05) is 19.7 Å². The van der Waals surface area contributed by atoms with Gasteiger partial charge < -0.3 is 9.47 Å². The van der Waals surface area contributed by atoms with E-state index in [2.05, 4.69) is 0 Å². The van der Waals surface area contributed by atoms with Crippen LogP contribution in [0.15, 0.2) is 0 Å². The summed E-state index contributed by atoms with van der Waals surface area (Å²) in [6.07, 6.45) is 1.75. The zero-order valence-corrected chi connectivity index (χ0v) is 13.3. The number of rotatable bonds is 5. The molecule has 0 aliphatic carbocycles. The van der Waals surface area contributed by atoms with Crippen LogP contribution in [0.5, 0.6) is 0 Å². The predicted molar refractivity (Wildman–Crippen MR) is 76.2 cm³/mol. The van der Waals surface area contributed by atoms with E-state index in [0.29, 0.717) is 13.2 Å². The molecule has 1 rings (SSSR count). The molecule has 0 N–H and O–H groups in total. The minimum atomic E-state index is -0.474. The highest BCUT2D eigenvalue weighted by atomic mass is 16.6. The van der Waals surface area contributed by atoms with Crippen molar-refractivity contribution in [1.29, 1.82) is 0 Å². The highest BCUT2D eigenvalue weighted by molar-refractivity contribution is 5.77. The number of carbonyl (C=O) groups is 2. The summed E-state index contributed by atoms with van der Waals surface area (Å²) in [5.41, 5.74) is -0.474. The number of nitrogens with zero attached hydrogens (tertiary/aromatic N) is 1. The van der Waals surface area contributed by atoms with Crippen LogP contribution in [0.25, 0.3) is 0 Å². The third-order valence-corrected chi connectivity index (χ3v) is 3.24. The molecule has 0 saturated carbocycles. The summed E-state index contributed by atoms with van der Waals surface area (Å²) < 4.78 is 10.5. The number of esters is 2. The lowest BCUT2D eigenvalue weighted by atomic mass is 10.1. The van der Waals surface area contributed by atoms with Gasteiger partial charge in [0.05, 0.1) is 12.5 Å². The fourth-order valence-electron chi connectivity index (χ4n) is 2.39. The Morgan fingerprint density at radius 2 is 2.00 bits per heavy atom. The fourth-order valence-corrected chi connectivity index (χ4v) is 2.39. The maximum absolute atomic E-state index is 12.2. The number of carbonyl (C=O) groups excluding carboxylic acids is 2. The molecule has 1 aliphatic heterocycles. The van der Waals surface area contributed by atoms with Crippen LogP contribution in [-0.4, -0.2) is 48.2 Å². The SMILES string of the molecule is CCOC(=O)C(C)CN1CCC[C@H]1C(=O)OC(C)(C)C. The first-order valence-corrected chi connectivity index (χ1v) is 7.38. The summed E-state index contributed by atoms with van der Waals surface area (Å²) in [7, 11) is 0. The first-order valence-electron chi connectivity index (χ1n) is 7.38. The summed E-state index contributed by atoms with van der Waals surface area (Å²) in [5, 5.41) is 0. The molecule has 5 nitrogen and oxygen atoms in total. The highest BCUT2D eigenvalue weighted by Crippen LogP contribution is 2.22. The van der Waals surface area contributed by atoms with E-state index in [1.165, 1.54) is 0 Å². The molecule has 1 fully saturated rings. The third-order valence-electron chi connectivity index (χ3n) is 3.24. The van der Waals surface area contributed by atoms with Crippen molar-refractivity contribution < 1.29 is 19.1 Å². The van der Waals surface area contributed by atoms with Gasteiger partial charge in [-0.15, -0.1) is 0 Å². The van der Waals surface area contributed by atoms with Crippen LogP contribution in [0.1, 0.15) is 47.5 Å². The van der Waals surface area contributed by atoms with Crippen molar-refractivity contribution in [3.05, 3.63) is 0 Å². The van der Waals surface area contributed by atoms with Crippen LogP contribution in [-0.2, 0) is 19.1 Å². The Balaban J connectivity index is 2.57. The van der Waals surface area contributed by atoms with E-state index in [-0.39, 0.29) is 23.9 Å². The molecule has 0 bridgehead atoms. The van der Waals surface area contributed by atoms with Gasteiger partial charge in [-0.3, -0.25) is 14.5 Å².